The molecule has 3 nitrogen and oxygen atoms in total. The summed E-state index contributed by atoms with van der Waals surface area (Å²) >= 11 is 0. The Morgan fingerprint density at radius 1 is 1.05 bits per heavy atom. The Kier molecular flexibility index (Phi) is 3.56. The van der Waals surface area contributed by atoms with E-state index >= 15 is 0 Å². The van der Waals surface area contributed by atoms with E-state index in [1.165, 1.54) is 0 Å². The lowest BCUT2D eigenvalue weighted by Crippen LogP contribution is -2.33. The molecular formula is C16H19NO2. The third-order valence-electron chi connectivity index (χ3n) is 3.18. The Morgan fingerprint density at radius 2 is 1.63 bits per heavy atom. The molecule has 0 saturated heterocycles. The van der Waals surface area contributed by atoms with E-state index in [-0.39, 0.29) is 23.7 Å². The minimum absolute atomic E-state index is 0.0184. The highest BCUT2D eigenvalue weighted by atomic mass is 16.2. The van der Waals surface area contributed by atoms with E-state index in [0.29, 0.717) is 11.1 Å². The van der Waals surface area contributed by atoms with E-state index in [2.05, 4.69) is 5.32 Å². The number of fused-ring (bicyclic) bond motifs is 1. The maximum atomic E-state index is 12.4. The van der Waals surface area contributed by atoms with Crippen molar-refractivity contribution < 1.29 is 9.59 Å². The predicted octanol–water partition coefficient (Wildman–Crippen LogP) is 2.82. The molecule has 0 atom stereocenters. The molecule has 0 aromatic heterocycles. The Labute approximate surface area is 113 Å². The maximum Gasteiger partial charge on any atom is 0.255 e. The topological polar surface area (TPSA) is 46.2 Å². The van der Waals surface area contributed by atoms with E-state index in [1.54, 1.807) is 6.07 Å². The number of benzene rings is 1. The molecular weight excluding hydrogens is 238 g/mol. The van der Waals surface area contributed by atoms with Crippen LogP contribution in [-0.2, 0) is 4.79 Å². The van der Waals surface area contributed by atoms with Crippen molar-refractivity contribution in [2.75, 3.05) is 0 Å². The zero-order valence-corrected chi connectivity index (χ0v) is 11.8. The number of carbonyl (C=O) groups is 2. The predicted molar refractivity (Wildman–Crippen MR) is 75.8 cm³/mol. The van der Waals surface area contributed by atoms with Crippen molar-refractivity contribution in [1.29, 1.82) is 0 Å². The molecule has 0 heterocycles. The molecule has 0 bridgehead atoms. The summed E-state index contributed by atoms with van der Waals surface area (Å²) in [7, 11) is 0. The van der Waals surface area contributed by atoms with Gasteiger partial charge in [-0.25, -0.2) is 0 Å². The van der Waals surface area contributed by atoms with Gasteiger partial charge in [-0.2, -0.15) is 0 Å². The van der Waals surface area contributed by atoms with Crippen molar-refractivity contribution in [2.45, 2.75) is 33.7 Å². The second-order valence-corrected chi connectivity index (χ2v) is 5.45. The first kappa shape index (κ1) is 13.5. The molecule has 1 N–H and O–H groups in total. The second kappa shape index (κ2) is 5.00. The summed E-state index contributed by atoms with van der Waals surface area (Å²) in [4.78, 5) is 24.7. The van der Waals surface area contributed by atoms with Crippen molar-refractivity contribution in [3.05, 3.63) is 41.0 Å². The average Bonchev–Trinajstić information content (AvgIpc) is 2.62. The van der Waals surface area contributed by atoms with Crippen LogP contribution < -0.4 is 5.32 Å². The first-order valence-electron chi connectivity index (χ1n) is 6.62. The first-order valence-corrected chi connectivity index (χ1v) is 6.62. The number of hydrogen-bond donors (Lipinski definition) is 1. The largest absolute Gasteiger partial charge is 0.350 e. The molecule has 0 radical (unpaired) electrons. The number of allylic oxidation sites excluding steroid dienone is 1. The van der Waals surface area contributed by atoms with Crippen molar-refractivity contribution >= 4 is 17.3 Å². The molecule has 0 unspecified atom stereocenters. The monoisotopic (exact) mass is 257 g/mol. The maximum absolute atomic E-state index is 12.4. The van der Waals surface area contributed by atoms with Gasteiger partial charge in [0.25, 0.3) is 5.91 Å². The molecule has 1 aromatic rings. The lowest BCUT2D eigenvalue weighted by atomic mass is 9.94. The van der Waals surface area contributed by atoms with Crippen LogP contribution in [0.15, 0.2) is 29.8 Å². The van der Waals surface area contributed by atoms with Gasteiger partial charge in [-0.05, 0) is 30.9 Å². The van der Waals surface area contributed by atoms with Crippen LogP contribution in [0.1, 0.15) is 43.6 Å². The quantitative estimate of drug-likeness (QED) is 0.846. The minimum atomic E-state index is -0.264. The molecule has 1 aliphatic rings. The molecule has 0 spiro atoms. The zero-order valence-electron chi connectivity index (χ0n) is 11.8. The van der Waals surface area contributed by atoms with Crippen molar-refractivity contribution in [2.24, 2.45) is 5.92 Å². The number of hydrogen-bond acceptors (Lipinski definition) is 2. The SMILES string of the molecule is CC(C)NC(=O)C1=C(C(C)C)c2ccccc2C1=O. The van der Waals surface area contributed by atoms with Crippen LogP contribution in [0.4, 0.5) is 0 Å². The molecule has 1 aliphatic carbocycles. The average molecular weight is 257 g/mol. The number of Topliss-reactive ketones (excluding diaryl/α,β-unsaturated/α-hetero) is 1. The van der Waals surface area contributed by atoms with Crippen LogP contribution in [0.2, 0.25) is 0 Å². The minimum Gasteiger partial charge on any atom is -0.350 e. The van der Waals surface area contributed by atoms with Crippen LogP contribution in [0.25, 0.3) is 5.57 Å². The molecule has 3 heteroatoms. The summed E-state index contributed by atoms with van der Waals surface area (Å²) in [5.74, 6) is -0.280. The number of nitrogens with one attached hydrogen (secondary N) is 1. The summed E-state index contributed by atoms with van der Waals surface area (Å²) in [5.41, 5.74) is 2.71. The van der Waals surface area contributed by atoms with E-state index in [4.69, 9.17) is 0 Å². The molecule has 0 fully saturated rings. The number of ketones is 1. The van der Waals surface area contributed by atoms with E-state index in [9.17, 15) is 9.59 Å². The summed E-state index contributed by atoms with van der Waals surface area (Å²) in [6, 6.07) is 7.45. The van der Waals surface area contributed by atoms with Crippen LogP contribution in [-0.4, -0.2) is 17.7 Å². The fourth-order valence-electron chi connectivity index (χ4n) is 2.47. The van der Waals surface area contributed by atoms with Gasteiger partial charge in [0.2, 0.25) is 0 Å². The van der Waals surface area contributed by atoms with Gasteiger partial charge >= 0.3 is 0 Å². The smallest absolute Gasteiger partial charge is 0.255 e. The second-order valence-electron chi connectivity index (χ2n) is 5.45. The normalized spacial score (nSPS) is 14.3. The fourth-order valence-corrected chi connectivity index (χ4v) is 2.47. The van der Waals surface area contributed by atoms with Gasteiger partial charge in [0.15, 0.2) is 5.78 Å². The van der Waals surface area contributed by atoms with Gasteiger partial charge in [-0.15, -0.1) is 0 Å². The van der Waals surface area contributed by atoms with Gasteiger partial charge in [-0.1, -0.05) is 38.1 Å². The summed E-state index contributed by atoms with van der Waals surface area (Å²) < 4.78 is 0. The van der Waals surface area contributed by atoms with Crippen molar-refractivity contribution in [3.8, 4) is 0 Å². The highest BCUT2D eigenvalue weighted by Gasteiger charge is 2.34. The van der Waals surface area contributed by atoms with Crippen LogP contribution in [0.5, 0.6) is 0 Å². The van der Waals surface area contributed by atoms with E-state index in [0.717, 1.165) is 11.1 Å². The molecule has 0 saturated carbocycles. The highest BCUT2D eigenvalue weighted by molar-refractivity contribution is 6.34. The molecule has 0 aliphatic heterocycles. The standard InChI is InChI=1S/C16H19NO2/c1-9(2)13-11-7-5-6-8-12(11)15(18)14(13)16(19)17-10(3)4/h5-10H,1-4H3,(H,17,19). The third-order valence-corrected chi connectivity index (χ3v) is 3.18. The molecule has 19 heavy (non-hydrogen) atoms. The van der Waals surface area contributed by atoms with Crippen LogP contribution >= 0.6 is 0 Å². The Bertz CT molecular complexity index is 568. The molecule has 2 rings (SSSR count). The number of carbonyl (C=O) groups excluding carboxylic acids is 2. The Morgan fingerprint density at radius 3 is 2.16 bits per heavy atom. The number of amides is 1. The third kappa shape index (κ3) is 2.33. The van der Waals surface area contributed by atoms with E-state index in [1.807, 2.05) is 45.9 Å². The highest BCUT2D eigenvalue weighted by Crippen LogP contribution is 2.37. The lowest BCUT2D eigenvalue weighted by molar-refractivity contribution is -0.117. The van der Waals surface area contributed by atoms with Gasteiger partial charge in [0.1, 0.15) is 0 Å². The Balaban J connectivity index is 2.54. The first-order chi connectivity index (χ1) is 8.93. The van der Waals surface area contributed by atoms with Crippen molar-refractivity contribution in [3.63, 3.8) is 0 Å². The van der Waals surface area contributed by atoms with E-state index < -0.39 is 0 Å². The van der Waals surface area contributed by atoms with Gasteiger partial charge in [-0.3, -0.25) is 9.59 Å². The Hall–Kier alpha value is -1.90. The lowest BCUT2D eigenvalue weighted by Gasteiger charge is -2.13. The van der Waals surface area contributed by atoms with Gasteiger partial charge in [0, 0.05) is 11.6 Å². The summed E-state index contributed by atoms with van der Waals surface area (Å²) in [5, 5.41) is 2.82. The zero-order chi connectivity index (χ0) is 14.2. The number of rotatable bonds is 3. The van der Waals surface area contributed by atoms with Crippen LogP contribution in [0, 0.1) is 5.92 Å². The molecule has 100 valence electrons. The fraction of sp³-hybridized carbons (Fsp3) is 0.375. The summed E-state index contributed by atoms with van der Waals surface area (Å²) in [6.45, 7) is 7.79. The van der Waals surface area contributed by atoms with Gasteiger partial charge in [0.05, 0.1) is 5.57 Å². The van der Waals surface area contributed by atoms with Gasteiger partial charge < -0.3 is 5.32 Å². The molecule has 1 aromatic carbocycles. The van der Waals surface area contributed by atoms with Crippen molar-refractivity contribution in [1.82, 2.24) is 5.32 Å². The van der Waals surface area contributed by atoms with Crippen LogP contribution in [0.3, 0.4) is 0 Å². The summed E-state index contributed by atoms with van der Waals surface area (Å²) in [6.07, 6.45) is 0. The molecule has 1 amide bonds.